The van der Waals surface area contributed by atoms with Crippen molar-refractivity contribution in [2.45, 2.75) is 0 Å². The van der Waals surface area contributed by atoms with Crippen LogP contribution in [0.3, 0.4) is 0 Å². The lowest BCUT2D eigenvalue weighted by Gasteiger charge is -2.07. The maximum atomic E-state index is 10.7. The van der Waals surface area contributed by atoms with Crippen LogP contribution in [0.1, 0.15) is 0 Å². The van der Waals surface area contributed by atoms with E-state index in [4.69, 9.17) is 11.5 Å². The minimum Gasteiger partial charge on any atom is -0.398 e. The Morgan fingerprint density at radius 3 is 2.47 bits per heavy atom. The molecule has 2 rings (SSSR count). The van der Waals surface area contributed by atoms with Gasteiger partial charge in [-0.15, -0.1) is 0 Å². The van der Waals surface area contributed by atoms with Crippen molar-refractivity contribution in [3.8, 4) is 11.1 Å². The molecule has 0 radical (unpaired) electrons. The van der Waals surface area contributed by atoms with Crippen molar-refractivity contribution < 1.29 is 4.92 Å². The lowest BCUT2D eigenvalue weighted by atomic mass is 10.1. The second-order valence-corrected chi connectivity index (χ2v) is 3.34. The van der Waals surface area contributed by atoms with Crippen molar-refractivity contribution in [2.75, 3.05) is 11.5 Å². The van der Waals surface area contributed by atoms with E-state index in [1.54, 1.807) is 6.07 Å². The molecule has 7 heteroatoms. The first-order valence-electron chi connectivity index (χ1n) is 4.69. The highest BCUT2D eigenvalue weighted by Crippen LogP contribution is 2.34. The molecule has 0 spiro atoms. The Balaban J connectivity index is 2.65. The molecule has 2 heterocycles. The first-order chi connectivity index (χ1) is 8.11. The predicted octanol–water partition coefficient (Wildman–Crippen LogP) is 1.22. The zero-order valence-corrected chi connectivity index (χ0v) is 8.70. The molecule has 0 fully saturated rings. The molecule has 0 unspecified atom stereocenters. The zero-order chi connectivity index (χ0) is 12.4. The molecule has 2 aromatic heterocycles. The summed E-state index contributed by atoms with van der Waals surface area (Å²) in [6.45, 7) is 0. The standard InChI is InChI=1S/C10H9N5O2/c11-8-1-2-13-3-6(8)7-4-14-5-9(10(7)12)15(16)17/h1-5H,(H2,11,13)(H2,12,14). The second-order valence-electron chi connectivity index (χ2n) is 3.34. The summed E-state index contributed by atoms with van der Waals surface area (Å²) < 4.78 is 0. The van der Waals surface area contributed by atoms with Crippen LogP contribution in [-0.2, 0) is 0 Å². The summed E-state index contributed by atoms with van der Waals surface area (Å²) in [5, 5.41) is 10.7. The van der Waals surface area contributed by atoms with E-state index in [2.05, 4.69) is 9.97 Å². The number of hydrogen-bond donors (Lipinski definition) is 2. The lowest BCUT2D eigenvalue weighted by Crippen LogP contribution is -2.00. The zero-order valence-electron chi connectivity index (χ0n) is 8.70. The molecule has 0 saturated carbocycles. The number of rotatable bonds is 2. The summed E-state index contributed by atoms with van der Waals surface area (Å²) in [7, 11) is 0. The summed E-state index contributed by atoms with van der Waals surface area (Å²) >= 11 is 0. The van der Waals surface area contributed by atoms with Gasteiger partial charge in [0.1, 0.15) is 11.9 Å². The number of nitro groups is 1. The van der Waals surface area contributed by atoms with E-state index in [1.807, 2.05) is 0 Å². The van der Waals surface area contributed by atoms with Gasteiger partial charge >= 0.3 is 5.69 Å². The van der Waals surface area contributed by atoms with Crippen molar-refractivity contribution in [3.05, 3.63) is 41.0 Å². The Morgan fingerprint density at radius 2 is 1.82 bits per heavy atom. The summed E-state index contributed by atoms with van der Waals surface area (Å²) in [4.78, 5) is 17.8. The third kappa shape index (κ3) is 1.85. The van der Waals surface area contributed by atoms with Crippen molar-refractivity contribution in [1.29, 1.82) is 0 Å². The quantitative estimate of drug-likeness (QED) is 0.591. The first kappa shape index (κ1) is 10.8. The smallest absolute Gasteiger partial charge is 0.310 e. The highest BCUT2D eigenvalue weighted by molar-refractivity contribution is 5.86. The van der Waals surface area contributed by atoms with Crippen molar-refractivity contribution in [3.63, 3.8) is 0 Å². The molecule has 86 valence electrons. The highest BCUT2D eigenvalue weighted by Gasteiger charge is 2.17. The number of aromatic nitrogens is 2. The van der Waals surface area contributed by atoms with Crippen molar-refractivity contribution >= 4 is 17.1 Å². The van der Waals surface area contributed by atoms with Gasteiger partial charge in [-0.3, -0.25) is 20.1 Å². The molecule has 0 amide bonds. The van der Waals surface area contributed by atoms with Gasteiger partial charge in [0.2, 0.25) is 0 Å². The molecule has 17 heavy (non-hydrogen) atoms. The minimum absolute atomic E-state index is 0.0321. The molecule has 0 aliphatic rings. The second kappa shape index (κ2) is 4.05. The molecule has 0 saturated heterocycles. The van der Waals surface area contributed by atoms with Gasteiger partial charge in [-0.25, -0.2) is 0 Å². The number of hydrogen-bond acceptors (Lipinski definition) is 6. The molecule has 2 aromatic rings. The summed E-state index contributed by atoms with van der Waals surface area (Å²) in [6.07, 6.45) is 5.55. The monoisotopic (exact) mass is 231 g/mol. The van der Waals surface area contributed by atoms with Crippen LogP contribution in [0.5, 0.6) is 0 Å². The highest BCUT2D eigenvalue weighted by atomic mass is 16.6. The lowest BCUT2D eigenvalue weighted by molar-refractivity contribution is -0.384. The molecule has 0 aliphatic carbocycles. The SMILES string of the molecule is Nc1ccncc1-c1cncc([N+](=O)[O-])c1N. The van der Waals surface area contributed by atoms with Gasteiger partial charge in [-0.05, 0) is 6.07 Å². The van der Waals surface area contributed by atoms with Gasteiger partial charge in [0, 0.05) is 35.4 Å². The van der Waals surface area contributed by atoms with Crippen molar-refractivity contribution in [1.82, 2.24) is 9.97 Å². The first-order valence-corrected chi connectivity index (χ1v) is 4.69. The molecule has 0 atom stereocenters. The number of pyridine rings is 2. The maximum absolute atomic E-state index is 10.7. The molecule has 0 aromatic carbocycles. The van der Waals surface area contributed by atoms with E-state index in [1.165, 1.54) is 18.6 Å². The number of nitrogens with zero attached hydrogens (tertiary/aromatic N) is 3. The van der Waals surface area contributed by atoms with Crippen LogP contribution >= 0.6 is 0 Å². The summed E-state index contributed by atoms with van der Waals surface area (Å²) in [6, 6.07) is 1.59. The van der Waals surface area contributed by atoms with Crippen LogP contribution in [0.15, 0.2) is 30.9 Å². The summed E-state index contributed by atoms with van der Waals surface area (Å²) in [5.74, 6) is 0. The van der Waals surface area contributed by atoms with Gasteiger partial charge in [-0.2, -0.15) is 0 Å². The average Bonchev–Trinajstić information content (AvgIpc) is 2.30. The van der Waals surface area contributed by atoms with E-state index < -0.39 is 4.92 Å². The Kier molecular flexibility index (Phi) is 2.57. The topological polar surface area (TPSA) is 121 Å². The van der Waals surface area contributed by atoms with Gasteiger partial charge in [0.15, 0.2) is 0 Å². The Labute approximate surface area is 96.3 Å². The molecule has 7 nitrogen and oxygen atoms in total. The number of nitrogen functional groups attached to an aromatic ring is 2. The fourth-order valence-electron chi connectivity index (χ4n) is 1.45. The van der Waals surface area contributed by atoms with Gasteiger partial charge < -0.3 is 11.5 Å². The van der Waals surface area contributed by atoms with E-state index in [9.17, 15) is 10.1 Å². The third-order valence-corrected chi connectivity index (χ3v) is 2.31. The molecular weight excluding hydrogens is 222 g/mol. The fraction of sp³-hybridized carbons (Fsp3) is 0. The van der Waals surface area contributed by atoms with Gasteiger partial charge in [0.25, 0.3) is 0 Å². The van der Waals surface area contributed by atoms with Crippen LogP contribution in [0.4, 0.5) is 17.1 Å². The van der Waals surface area contributed by atoms with Crippen LogP contribution < -0.4 is 11.5 Å². The molecule has 0 aliphatic heterocycles. The van der Waals surface area contributed by atoms with Crippen molar-refractivity contribution in [2.24, 2.45) is 0 Å². The van der Waals surface area contributed by atoms with Crippen LogP contribution in [0.25, 0.3) is 11.1 Å². The van der Waals surface area contributed by atoms with Gasteiger partial charge in [-0.1, -0.05) is 0 Å². The molecule has 0 bridgehead atoms. The minimum atomic E-state index is -0.585. The predicted molar refractivity (Wildman–Crippen MR) is 62.9 cm³/mol. The Bertz CT molecular complexity index is 585. The van der Waals surface area contributed by atoms with E-state index in [-0.39, 0.29) is 11.4 Å². The number of anilines is 2. The molecular formula is C10H9N5O2. The maximum Gasteiger partial charge on any atom is 0.310 e. The fourth-order valence-corrected chi connectivity index (χ4v) is 1.45. The average molecular weight is 231 g/mol. The van der Waals surface area contributed by atoms with E-state index in [0.717, 1.165) is 6.20 Å². The largest absolute Gasteiger partial charge is 0.398 e. The van der Waals surface area contributed by atoms with E-state index in [0.29, 0.717) is 16.8 Å². The van der Waals surface area contributed by atoms with E-state index >= 15 is 0 Å². The van der Waals surface area contributed by atoms with Gasteiger partial charge in [0.05, 0.1) is 4.92 Å². The Morgan fingerprint density at radius 1 is 1.12 bits per heavy atom. The molecule has 4 N–H and O–H groups in total. The number of nitrogens with two attached hydrogens (primary N) is 2. The van der Waals surface area contributed by atoms with Crippen LogP contribution in [0.2, 0.25) is 0 Å². The third-order valence-electron chi connectivity index (χ3n) is 2.31. The normalized spacial score (nSPS) is 10.1. The van der Waals surface area contributed by atoms with Crippen LogP contribution in [-0.4, -0.2) is 14.9 Å². The summed E-state index contributed by atoms with van der Waals surface area (Å²) in [5.41, 5.74) is 12.6. The van der Waals surface area contributed by atoms with Crippen LogP contribution in [0, 0.1) is 10.1 Å². The Hall–Kier alpha value is -2.70.